The Labute approximate surface area is 193 Å². The Kier molecular flexibility index (Phi) is 6.83. The molecule has 2 aromatic rings. The first-order chi connectivity index (χ1) is 15.4. The van der Waals surface area contributed by atoms with Crippen LogP contribution < -0.4 is 5.32 Å². The molecule has 0 bridgehead atoms. The van der Waals surface area contributed by atoms with Crippen LogP contribution in [-0.4, -0.2) is 55.6 Å². The number of hydrogen-bond acceptors (Lipinski definition) is 4. The van der Waals surface area contributed by atoms with Crippen LogP contribution in [-0.2, 0) is 14.8 Å². The molecule has 2 fully saturated rings. The third kappa shape index (κ3) is 4.82. The molecule has 0 saturated carbocycles. The minimum Gasteiger partial charge on any atom is -0.339 e. The molecule has 0 radical (unpaired) electrons. The van der Waals surface area contributed by atoms with E-state index < -0.39 is 15.9 Å². The maximum atomic E-state index is 13.0. The average molecular weight is 476 g/mol. The molecule has 1 unspecified atom stereocenters. The summed E-state index contributed by atoms with van der Waals surface area (Å²) < 4.78 is 27.4. The van der Waals surface area contributed by atoms with Crippen molar-refractivity contribution in [3.63, 3.8) is 0 Å². The quantitative estimate of drug-likeness (QED) is 0.715. The smallest absolute Gasteiger partial charge is 0.255 e. The first-order valence-corrected chi connectivity index (χ1v) is 12.6. The zero-order valence-electron chi connectivity index (χ0n) is 17.7. The lowest BCUT2D eigenvalue weighted by molar-refractivity contribution is -0.120. The molecule has 2 aromatic carbocycles. The van der Waals surface area contributed by atoms with Crippen molar-refractivity contribution in [3.05, 3.63) is 59.1 Å². The largest absolute Gasteiger partial charge is 0.339 e. The number of halogens is 1. The third-order valence-electron chi connectivity index (χ3n) is 6.01. The zero-order valence-corrected chi connectivity index (χ0v) is 19.2. The summed E-state index contributed by atoms with van der Waals surface area (Å²) in [5.74, 6) is -0.863. The van der Waals surface area contributed by atoms with Gasteiger partial charge in [-0.2, -0.15) is 4.31 Å². The molecule has 2 aliphatic heterocycles. The Hall–Kier alpha value is -2.42. The van der Waals surface area contributed by atoms with Gasteiger partial charge in [0, 0.05) is 31.2 Å². The van der Waals surface area contributed by atoms with E-state index >= 15 is 0 Å². The van der Waals surface area contributed by atoms with E-state index in [-0.39, 0.29) is 23.3 Å². The highest BCUT2D eigenvalue weighted by Gasteiger charge is 2.34. The predicted octanol–water partition coefficient (Wildman–Crippen LogP) is 3.62. The number of sulfonamides is 1. The Morgan fingerprint density at radius 2 is 1.62 bits per heavy atom. The fourth-order valence-electron chi connectivity index (χ4n) is 4.23. The highest BCUT2D eigenvalue weighted by Crippen LogP contribution is 2.27. The highest BCUT2D eigenvalue weighted by atomic mass is 35.5. The number of anilines is 1. The van der Waals surface area contributed by atoms with Crippen molar-refractivity contribution in [2.45, 2.75) is 30.6 Å². The molecule has 32 heavy (non-hydrogen) atoms. The topological polar surface area (TPSA) is 86.8 Å². The highest BCUT2D eigenvalue weighted by molar-refractivity contribution is 7.89. The van der Waals surface area contributed by atoms with Gasteiger partial charge in [0.05, 0.1) is 22.1 Å². The summed E-state index contributed by atoms with van der Waals surface area (Å²) in [5, 5.41) is 3.34. The Morgan fingerprint density at radius 3 is 2.34 bits per heavy atom. The van der Waals surface area contributed by atoms with Crippen LogP contribution in [0.1, 0.15) is 36.0 Å². The number of piperidine rings is 1. The fraction of sp³-hybridized carbons (Fsp3) is 0.391. The van der Waals surface area contributed by atoms with Gasteiger partial charge in [0.15, 0.2) is 0 Å². The number of nitrogens with zero attached hydrogens (tertiary/aromatic N) is 2. The van der Waals surface area contributed by atoms with Gasteiger partial charge < -0.3 is 10.2 Å². The number of para-hydroxylation sites is 1. The Balaban J connectivity index is 1.47. The minimum atomic E-state index is -3.72. The molecule has 170 valence electrons. The van der Waals surface area contributed by atoms with Crippen LogP contribution in [0.15, 0.2) is 53.4 Å². The summed E-state index contributed by atoms with van der Waals surface area (Å²) in [7, 11) is -3.72. The lowest BCUT2D eigenvalue weighted by Gasteiger charge is -2.31. The molecule has 9 heteroatoms. The average Bonchev–Trinajstić information content (AvgIpc) is 3.34. The maximum absolute atomic E-state index is 13.0. The fourth-order valence-corrected chi connectivity index (χ4v) is 5.88. The standard InChI is InChI=1S/C23H26ClN3O4S/c24-18-9-11-19(12-10-18)32(30,31)27-15-5-6-17(16-27)22(28)25-21-8-2-1-7-20(21)23(29)26-13-3-4-14-26/h1-2,7-12,17H,3-6,13-16H2,(H,25,28). The van der Waals surface area contributed by atoms with Crippen molar-refractivity contribution in [2.75, 3.05) is 31.5 Å². The summed E-state index contributed by atoms with van der Waals surface area (Å²) >= 11 is 5.88. The van der Waals surface area contributed by atoms with E-state index in [1.54, 1.807) is 29.2 Å². The van der Waals surface area contributed by atoms with E-state index in [1.807, 2.05) is 0 Å². The molecule has 2 saturated heterocycles. The van der Waals surface area contributed by atoms with E-state index in [9.17, 15) is 18.0 Å². The number of hydrogen-bond donors (Lipinski definition) is 1. The van der Waals surface area contributed by atoms with Gasteiger partial charge in [-0.3, -0.25) is 9.59 Å². The third-order valence-corrected chi connectivity index (χ3v) is 8.15. The number of carbonyl (C=O) groups is 2. The van der Waals surface area contributed by atoms with Gasteiger partial charge in [-0.25, -0.2) is 8.42 Å². The lowest BCUT2D eigenvalue weighted by atomic mass is 9.98. The Bertz CT molecular complexity index is 1100. The zero-order chi connectivity index (χ0) is 22.7. The molecule has 0 spiro atoms. The molecule has 4 rings (SSSR count). The second-order valence-electron chi connectivity index (χ2n) is 8.19. The predicted molar refractivity (Wildman–Crippen MR) is 123 cm³/mol. The molecule has 1 N–H and O–H groups in total. The molecular weight excluding hydrogens is 450 g/mol. The second-order valence-corrected chi connectivity index (χ2v) is 10.6. The number of likely N-dealkylation sites (tertiary alicyclic amines) is 1. The minimum absolute atomic E-state index is 0.0889. The van der Waals surface area contributed by atoms with Crippen molar-refractivity contribution in [1.29, 1.82) is 0 Å². The number of benzene rings is 2. The second kappa shape index (κ2) is 9.60. The van der Waals surface area contributed by atoms with Gasteiger partial charge in [-0.15, -0.1) is 0 Å². The van der Waals surface area contributed by atoms with E-state index in [1.165, 1.54) is 28.6 Å². The van der Waals surface area contributed by atoms with Gasteiger partial charge in [0.25, 0.3) is 5.91 Å². The molecule has 1 atom stereocenters. The van der Waals surface area contributed by atoms with Crippen LogP contribution in [0.2, 0.25) is 5.02 Å². The van der Waals surface area contributed by atoms with E-state index in [0.717, 1.165) is 25.9 Å². The molecular formula is C23H26ClN3O4S. The van der Waals surface area contributed by atoms with Crippen molar-refractivity contribution >= 4 is 39.1 Å². The Morgan fingerprint density at radius 1 is 0.938 bits per heavy atom. The van der Waals surface area contributed by atoms with Crippen molar-refractivity contribution < 1.29 is 18.0 Å². The van der Waals surface area contributed by atoms with Crippen LogP contribution in [0.4, 0.5) is 5.69 Å². The summed E-state index contributed by atoms with van der Waals surface area (Å²) in [4.78, 5) is 27.9. The first-order valence-electron chi connectivity index (χ1n) is 10.8. The van der Waals surface area contributed by atoms with Gasteiger partial charge >= 0.3 is 0 Å². The van der Waals surface area contributed by atoms with E-state index in [4.69, 9.17) is 11.6 Å². The maximum Gasteiger partial charge on any atom is 0.255 e. The van der Waals surface area contributed by atoms with Crippen LogP contribution in [0.3, 0.4) is 0 Å². The van der Waals surface area contributed by atoms with Gasteiger partial charge in [0.2, 0.25) is 15.9 Å². The summed E-state index contributed by atoms with van der Waals surface area (Å²) in [5.41, 5.74) is 0.927. The molecule has 0 aromatic heterocycles. The number of nitrogens with one attached hydrogen (secondary N) is 1. The normalized spacial score (nSPS) is 19.7. The molecule has 2 amide bonds. The van der Waals surface area contributed by atoms with Crippen LogP contribution in [0.5, 0.6) is 0 Å². The summed E-state index contributed by atoms with van der Waals surface area (Å²) in [6.07, 6.45) is 3.14. The number of rotatable bonds is 5. The van der Waals surface area contributed by atoms with E-state index in [0.29, 0.717) is 35.7 Å². The lowest BCUT2D eigenvalue weighted by Crippen LogP contribution is -2.43. The number of carbonyl (C=O) groups excluding carboxylic acids is 2. The van der Waals surface area contributed by atoms with Gasteiger partial charge in [-0.1, -0.05) is 23.7 Å². The monoisotopic (exact) mass is 475 g/mol. The van der Waals surface area contributed by atoms with Crippen molar-refractivity contribution in [2.24, 2.45) is 5.92 Å². The van der Waals surface area contributed by atoms with Crippen molar-refractivity contribution in [3.8, 4) is 0 Å². The molecule has 7 nitrogen and oxygen atoms in total. The van der Waals surface area contributed by atoms with Crippen LogP contribution in [0, 0.1) is 5.92 Å². The molecule has 0 aliphatic carbocycles. The summed E-state index contributed by atoms with van der Waals surface area (Å²) in [6, 6.07) is 13.0. The first kappa shape index (κ1) is 22.8. The summed E-state index contributed by atoms with van der Waals surface area (Å²) in [6.45, 7) is 1.90. The van der Waals surface area contributed by atoms with Gasteiger partial charge in [-0.05, 0) is 62.1 Å². The van der Waals surface area contributed by atoms with Crippen molar-refractivity contribution in [1.82, 2.24) is 9.21 Å². The molecule has 2 aliphatic rings. The number of amides is 2. The SMILES string of the molecule is O=C(Nc1ccccc1C(=O)N1CCCC1)C1CCCN(S(=O)(=O)c2ccc(Cl)cc2)C1. The van der Waals surface area contributed by atoms with Gasteiger partial charge in [0.1, 0.15) is 0 Å². The van der Waals surface area contributed by atoms with Crippen LogP contribution in [0.25, 0.3) is 0 Å². The molecule has 2 heterocycles. The van der Waals surface area contributed by atoms with Crippen LogP contribution >= 0.6 is 11.6 Å². The van der Waals surface area contributed by atoms with E-state index in [2.05, 4.69) is 5.32 Å².